The number of aliphatic hydroxyl groups excluding tert-OH is 1. The lowest BCUT2D eigenvalue weighted by molar-refractivity contribution is -0.132. The number of ketones is 1. The van der Waals surface area contributed by atoms with Gasteiger partial charge in [-0.1, -0.05) is 42.5 Å². The second kappa shape index (κ2) is 10.6. The van der Waals surface area contributed by atoms with Gasteiger partial charge in [-0.3, -0.25) is 14.5 Å². The summed E-state index contributed by atoms with van der Waals surface area (Å²) in [4.78, 5) is 45.2. The van der Waals surface area contributed by atoms with Crippen LogP contribution in [0.5, 0.6) is 5.75 Å². The normalized spacial score (nSPS) is 16.8. The van der Waals surface area contributed by atoms with Gasteiger partial charge in [-0.05, 0) is 62.1 Å². The summed E-state index contributed by atoms with van der Waals surface area (Å²) in [6, 6.07) is 11.7. The number of amides is 1. The molecule has 37 heavy (non-hydrogen) atoms. The van der Waals surface area contributed by atoms with E-state index in [0.29, 0.717) is 28.1 Å². The molecule has 1 atom stereocenters. The molecule has 0 radical (unpaired) electrons. The van der Waals surface area contributed by atoms with Crippen molar-refractivity contribution < 1.29 is 29.0 Å². The van der Waals surface area contributed by atoms with Crippen molar-refractivity contribution in [2.45, 2.75) is 40.2 Å². The topological polar surface area (TPSA) is 106 Å². The number of anilines is 1. The van der Waals surface area contributed by atoms with Gasteiger partial charge in [0.15, 0.2) is 5.13 Å². The van der Waals surface area contributed by atoms with E-state index in [4.69, 9.17) is 9.47 Å². The molecule has 9 heteroatoms. The number of thiazole rings is 1. The lowest BCUT2D eigenvalue weighted by Crippen LogP contribution is -2.29. The van der Waals surface area contributed by atoms with E-state index in [1.54, 1.807) is 46.1 Å². The van der Waals surface area contributed by atoms with E-state index in [1.807, 2.05) is 31.2 Å². The van der Waals surface area contributed by atoms with Crippen LogP contribution >= 0.6 is 11.3 Å². The third-order valence-electron chi connectivity index (χ3n) is 6.29. The highest BCUT2D eigenvalue weighted by atomic mass is 32.1. The van der Waals surface area contributed by atoms with Gasteiger partial charge in [0.2, 0.25) is 0 Å². The summed E-state index contributed by atoms with van der Waals surface area (Å²) >= 11 is 0.981. The van der Waals surface area contributed by atoms with Crippen molar-refractivity contribution in [1.29, 1.82) is 0 Å². The highest BCUT2D eigenvalue weighted by Crippen LogP contribution is 2.44. The smallest absolute Gasteiger partial charge is 0.350 e. The number of esters is 1. The SMILES string of the molecule is CCOC(=O)c1sc(N2C(=O)C(=O)/C(=C(/O)c3ccc(OC)cc3C)C2c2ccc(CC)cc2)nc1C. The molecule has 3 aromatic rings. The van der Waals surface area contributed by atoms with Crippen LogP contribution in [0.25, 0.3) is 5.76 Å². The average Bonchev–Trinajstić information content (AvgIpc) is 3.40. The van der Waals surface area contributed by atoms with E-state index in [2.05, 4.69) is 4.98 Å². The Hall–Kier alpha value is -3.98. The molecule has 0 saturated carbocycles. The fraction of sp³-hybridized carbons (Fsp3) is 0.286. The molecule has 1 aromatic heterocycles. The first kappa shape index (κ1) is 26.1. The Labute approximate surface area is 219 Å². The van der Waals surface area contributed by atoms with Crippen molar-refractivity contribution in [3.63, 3.8) is 0 Å². The molecule has 1 fully saturated rings. The quantitative estimate of drug-likeness (QED) is 0.199. The first-order chi connectivity index (χ1) is 17.7. The molecule has 8 nitrogen and oxygen atoms in total. The molecular formula is C28H28N2O6S. The van der Waals surface area contributed by atoms with Crippen molar-refractivity contribution in [3.8, 4) is 5.75 Å². The zero-order valence-corrected chi connectivity index (χ0v) is 22.1. The van der Waals surface area contributed by atoms with Crippen LogP contribution in [-0.2, 0) is 20.7 Å². The molecule has 0 bridgehead atoms. The van der Waals surface area contributed by atoms with Gasteiger partial charge in [-0.15, -0.1) is 0 Å². The van der Waals surface area contributed by atoms with Crippen LogP contribution in [-0.4, -0.2) is 41.5 Å². The van der Waals surface area contributed by atoms with E-state index >= 15 is 0 Å². The number of carbonyl (C=O) groups is 3. The van der Waals surface area contributed by atoms with Crippen LogP contribution < -0.4 is 9.64 Å². The summed E-state index contributed by atoms with van der Waals surface area (Å²) in [5.74, 6) is -1.89. The zero-order valence-electron chi connectivity index (χ0n) is 21.3. The van der Waals surface area contributed by atoms with Gasteiger partial charge in [0, 0.05) is 5.56 Å². The molecular weight excluding hydrogens is 492 g/mol. The summed E-state index contributed by atoms with van der Waals surface area (Å²) in [7, 11) is 1.54. The number of aryl methyl sites for hydroxylation is 3. The third kappa shape index (κ3) is 4.74. The number of hydrogen-bond donors (Lipinski definition) is 1. The van der Waals surface area contributed by atoms with E-state index in [0.717, 1.165) is 23.3 Å². The van der Waals surface area contributed by atoms with Gasteiger partial charge in [0.05, 0.1) is 31.0 Å². The Bertz CT molecular complexity index is 1410. The minimum atomic E-state index is -0.937. The van der Waals surface area contributed by atoms with Gasteiger partial charge in [-0.2, -0.15) is 0 Å². The van der Waals surface area contributed by atoms with Crippen LogP contribution in [0.1, 0.15) is 57.5 Å². The number of methoxy groups -OCH3 is 1. The van der Waals surface area contributed by atoms with Crippen molar-refractivity contribution in [3.05, 3.63) is 80.9 Å². The lowest BCUT2D eigenvalue weighted by Gasteiger charge is -2.23. The van der Waals surface area contributed by atoms with Crippen molar-refractivity contribution in [1.82, 2.24) is 4.98 Å². The predicted octanol–water partition coefficient (Wildman–Crippen LogP) is 5.13. The largest absolute Gasteiger partial charge is 0.507 e. The molecule has 192 valence electrons. The second-order valence-corrected chi connectivity index (χ2v) is 9.55. The predicted molar refractivity (Wildman–Crippen MR) is 141 cm³/mol. The van der Waals surface area contributed by atoms with Gasteiger partial charge in [0.25, 0.3) is 5.78 Å². The number of benzene rings is 2. The molecule has 2 aromatic carbocycles. The summed E-state index contributed by atoms with van der Waals surface area (Å²) in [6.07, 6.45) is 0.820. The van der Waals surface area contributed by atoms with Crippen LogP contribution in [0.4, 0.5) is 5.13 Å². The Balaban J connectivity index is 1.92. The minimum absolute atomic E-state index is 0.0481. The Morgan fingerprint density at radius 2 is 1.81 bits per heavy atom. The Morgan fingerprint density at radius 1 is 1.11 bits per heavy atom. The molecule has 0 spiro atoms. The number of ether oxygens (including phenoxy) is 2. The molecule has 1 saturated heterocycles. The molecule has 2 heterocycles. The molecule has 1 aliphatic heterocycles. The monoisotopic (exact) mass is 520 g/mol. The van der Waals surface area contributed by atoms with Gasteiger partial charge in [-0.25, -0.2) is 9.78 Å². The Morgan fingerprint density at radius 3 is 2.41 bits per heavy atom. The highest BCUT2D eigenvalue weighted by molar-refractivity contribution is 7.17. The van der Waals surface area contributed by atoms with E-state index in [-0.39, 0.29) is 27.9 Å². The maximum Gasteiger partial charge on any atom is 0.350 e. The number of aromatic nitrogens is 1. The average molecular weight is 521 g/mol. The summed E-state index contributed by atoms with van der Waals surface area (Å²) in [6.45, 7) is 7.36. The van der Waals surface area contributed by atoms with Gasteiger partial charge in [0.1, 0.15) is 16.4 Å². The Kier molecular flexibility index (Phi) is 7.45. The number of rotatable bonds is 7. The zero-order chi connectivity index (χ0) is 26.9. The first-order valence-corrected chi connectivity index (χ1v) is 12.7. The number of Topliss-reactive ketones (excluding diaryl/α,β-unsaturated/α-hetero) is 1. The lowest BCUT2D eigenvalue weighted by atomic mass is 9.93. The second-order valence-electron chi connectivity index (χ2n) is 8.58. The van der Waals surface area contributed by atoms with Crippen molar-refractivity contribution >= 4 is 39.9 Å². The minimum Gasteiger partial charge on any atom is -0.507 e. The van der Waals surface area contributed by atoms with Crippen LogP contribution in [0.2, 0.25) is 0 Å². The van der Waals surface area contributed by atoms with E-state index < -0.39 is 23.7 Å². The molecule has 4 rings (SSSR count). The van der Waals surface area contributed by atoms with E-state index in [9.17, 15) is 19.5 Å². The number of hydrogen-bond acceptors (Lipinski definition) is 8. The maximum absolute atomic E-state index is 13.4. The summed E-state index contributed by atoms with van der Waals surface area (Å²) in [5.41, 5.74) is 3.16. The fourth-order valence-electron chi connectivity index (χ4n) is 4.33. The van der Waals surface area contributed by atoms with Crippen LogP contribution in [0, 0.1) is 13.8 Å². The standard InChI is InChI=1S/C28H28N2O6S/c1-6-17-8-10-18(11-9-17)22-21(23(31)20-13-12-19(35-5)14-15(20)3)24(32)26(33)30(22)28-29-16(4)25(37-28)27(34)36-7-2/h8-14,22,31H,6-7H2,1-5H3/b23-21+. The van der Waals surface area contributed by atoms with Crippen molar-refractivity contribution in [2.75, 3.05) is 18.6 Å². The molecule has 1 amide bonds. The molecule has 1 unspecified atom stereocenters. The number of aliphatic hydroxyl groups is 1. The van der Waals surface area contributed by atoms with Crippen molar-refractivity contribution in [2.24, 2.45) is 0 Å². The molecule has 1 N–H and O–H groups in total. The first-order valence-electron chi connectivity index (χ1n) is 11.9. The highest BCUT2D eigenvalue weighted by Gasteiger charge is 2.48. The third-order valence-corrected chi connectivity index (χ3v) is 7.43. The summed E-state index contributed by atoms with van der Waals surface area (Å²) in [5, 5.41) is 11.6. The van der Waals surface area contributed by atoms with E-state index in [1.165, 1.54) is 4.90 Å². The van der Waals surface area contributed by atoms with Gasteiger partial charge < -0.3 is 14.6 Å². The van der Waals surface area contributed by atoms with Crippen LogP contribution in [0.15, 0.2) is 48.0 Å². The number of nitrogens with zero attached hydrogens (tertiary/aromatic N) is 2. The maximum atomic E-state index is 13.4. The summed E-state index contributed by atoms with van der Waals surface area (Å²) < 4.78 is 10.4. The molecule has 1 aliphatic rings. The fourth-order valence-corrected chi connectivity index (χ4v) is 5.31. The number of carbonyl (C=O) groups excluding carboxylic acids is 3. The van der Waals surface area contributed by atoms with Crippen LogP contribution in [0.3, 0.4) is 0 Å². The molecule has 0 aliphatic carbocycles. The van der Waals surface area contributed by atoms with Gasteiger partial charge >= 0.3 is 11.9 Å².